The minimum Gasteiger partial charge on any atom is -0.334 e. The molecule has 0 radical (unpaired) electrons. The number of rotatable bonds is 4. The second kappa shape index (κ2) is 6.58. The van der Waals surface area contributed by atoms with Crippen LogP contribution in [0, 0.1) is 0 Å². The molecule has 0 fully saturated rings. The molecular weight excluding hydrogens is 276 g/mol. The number of hydrogen-bond acceptors (Lipinski definition) is 2. The zero-order chi connectivity index (χ0) is 15.2. The molecule has 22 heavy (non-hydrogen) atoms. The summed E-state index contributed by atoms with van der Waals surface area (Å²) in [6, 6.07) is 19.0. The average molecular weight is 292 g/mol. The van der Waals surface area contributed by atoms with Crippen LogP contribution in [-0.4, -0.2) is 16.2 Å². The number of aromatic nitrogens is 2. The number of amides is 2. The van der Waals surface area contributed by atoms with Gasteiger partial charge in [0.2, 0.25) is 0 Å². The van der Waals surface area contributed by atoms with Crippen LogP contribution in [0.4, 0.5) is 10.5 Å². The Morgan fingerprint density at radius 1 is 1.00 bits per heavy atom. The zero-order valence-electron chi connectivity index (χ0n) is 11.9. The van der Waals surface area contributed by atoms with Crippen LogP contribution >= 0.6 is 0 Å². The summed E-state index contributed by atoms with van der Waals surface area (Å²) in [6.45, 7) is 0.499. The second-order valence-corrected chi connectivity index (χ2v) is 4.84. The first-order valence-corrected chi connectivity index (χ1v) is 7.00. The number of nitrogens with zero attached hydrogens (tertiary/aromatic N) is 1. The van der Waals surface area contributed by atoms with Crippen LogP contribution in [0.5, 0.6) is 0 Å². The zero-order valence-corrected chi connectivity index (χ0v) is 11.9. The summed E-state index contributed by atoms with van der Waals surface area (Å²) in [4.78, 5) is 11.9. The molecule has 0 saturated carbocycles. The number of hydrogen-bond donors (Lipinski definition) is 3. The van der Waals surface area contributed by atoms with Crippen molar-refractivity contribution < 1.29 is 4.79 Å². The molecule has 3 aromatic rings. The lowest BCUT2D eigenvalue weighted by molar-refractivity contribution is 0.251. The van der Waals surface area contributed by atoms with E-state index in [4.69, 9.17) is 0 Å². The van der Waals surface area contributed by atoms with E-state index in [0.29, 0.717) is 6.54 Å². The maximum absolute atomic E-state index is 11.9. The third-order valence-corrected chi connectivity index (χ3v) is 3.25. The molecule has 0 aliphatic rings. The maximum Gasteiger partial charge on any atom is 0.319 e. The van der Waals surface area contributed by atoms with Gasteiger partial charge in [0.15, 0.2) is 0 Å². The van der Waals surface area contributed by atoms with Crippen LogP contribution in [0.3, 0.4) is 0 Å². The Labute approximate surface area is 128 Å². The highest BCUT2D eigenvalue weighted by molar-refractivity contribution is 5.89. The van der Waals surface area contributed by atoms with E-state index < -0.39 is 0 Å². The molecular formula is C17H16N4O. The number of carbonyl (C=O) groups is 1. The number of benzene rings is 2. The van der Waals surface area contributed by atoms with Gasteiger partial charge < -0.3 is 10.6 Å². The summed E-state index contributed by atoms with van der Waals surface area (Å²) in [5.41, 5.74) is 3.77. The average Bonchev–Trinajstić information content (AvgIpc) is 3.09. The quantitative estimate of drug-likeness (QED) is 0.689. The van der Waals surface area contributed by atoms with Crippen molar-refractivity contribution >= 4 is 11.7 Å². The van der Waals surface area contributed by atoms with E-state index in [1.165, 1.54) is 0 Å². The van der Waals surface area contributed by atoms with Gasteiger partial charge in [0.1, 0.15) is 0 Å². The van der Waals surface area contributed by atoms with Crippen LogP contribution < -0.4 is 10.6 Å². The van der Waals surface area contributed by atoms with Crippen LogP contribution in [0.2, 0.25) is 0 Å². The monoisotopic (exact) mass is 292 g/mol. The molecule has 110 valence electrons. The van der Waals surface area contributed by atoms with Crippen LogP contribution in [0.15, 0.2) is 66.9 Å². The summed E-state index contributed by atoms with van der Waals surface area (Å²) in [7, 11) is 0. The Hall–Kier alpha value is -3.08. The molecule has 0 aliphatic carbocycles. The third kappa shape index (κ3) is 3.52. The predicted octanol–water partition coefficient (Wildman–Crippen LogP) is 3.40. The molecule has 3 N–H and O–H groups in total. The molecule has 1 heterocycles. The highest BCUT2D eigenvalue weighted by Gasteiger charge is 2.03. The first-order chi connectivity index (χ1) is 10.8. The van der Waals surface area contributed by atoms with Gasteiger partial charge in [-0.15, -0.1) is 0 Å². The molecule has 3 rings (SSSR count). The minimum absolute atomic E-state index is 0.224. The van der Waals surface area contributed by atoms with Crippen molar-refractivity contribution in [1.29, 1.82) is 0 Å². The van der Waals surface area contributed by atoms with E-state index in [9.17, 15) is 4.79 Å². The van der Waals surface area contributed by atoms with Crippen molar-refractivity contribution in [2.24, 2.45) is 0 Å². The standard InChI is InChI=1S/C17H16N4O/c22-17(18-12-13-4-2-1-3-5-13)20-15-8-6-14(7-9-15)16-10-11-19-21-16/h1-11H,12H2,(H,19,21)(H2,18,20,22). The van der Waals surface area contributed by atoms with E-state index in [1.54, 1.807) is 6.20 Å². The van der Waals surface area contributed by atoms with Gasteiger partial charge in [-0.1, -0.05) is 42.5 Å². The molecule has 5 heteroatoms. The van der Waals surface area contributed by atoms with Gasteiger partial charge in [0, 0.05) is 18.4 Å². The molecule has 0 saturated heterocycles. The Morgan fingerprint density at radius 2 is 1.77 bits per heavy atom. The highest BCUT2D eigenvalue weighted by atomic mass is 16.2. The molecule has 0 atom stereocenters. The lowest BCUT2D eigenvalue weighted by Gasteiger charge is -2.08. The SMILES string of the molecule is O=C(NCc1ccccc1)Nc1ccc(-c2ccn[nH]2)cc1. The van der Waals surface area contributed by atoms with Gasteiger partial charge in [-0.2, -0.15) is 5.10 Å². The van der Waals surface area contributed by atoms with Crippen molar-refractivity contribution in [1.82, 2.24) is 15.5 Å². The molecule has 2 aromatic carbocycles. The van der Waals surface area contributed by atoms with E-state index in [-0.39, 0.29) is 6.03 Å². The first-order valence-electron chi connectivity index (χ1n) is 7.00. The number of carbonyl (C=O) groups excluding carboxylic acids is 1. The van der Waals surface area contributed by atoms with Crippen molar-refractivity contribution in [3.63, 3.8) is 0 Å². The Kier molecular flexibility index (Phi) is 4.15. The van der Waals surface area contributed by atoms with E-state index >= 15 is 0 Å². The number of nitrogens with one attached hydrogen (secondary N) is 3. The van der Waals surface area contributed by atoms with E-state index in [1.807, 2.05) is 60.7 Å². The van der Waals surface area contributed by atoms with E-state index in [0.717, 1.165) is 22.5 Å². The van der Waals surface area contributed by atoms with Crippen molar-refractivity contribution in [2.75, 3.05) is 5.32 Å². The first kappa shape index (κ1) is 13.9. The lowest BCUT2D eigenvalue weighted by atomic mass is 10.1. The van der Waals surface area contributed by atoms with Crippen molar-refractivity contribution in [3.8, 4) is 11.3 Å². The largest absolute Gasteiger partial charge is 0.334 e. The number of urea groups is 1. The minimum atomic E-state index is -0.224. The van der Waals surface area contributed by atoms with Gasteiger partial charge in [0.05, 0.1) is 5.69 Å². The molecule has 0 spiro atoms. The van der Waals surface area contributed by atoms with Gasteiger partial charge in [0.25, 0.3) is 0 Å². The highest BCUT2D eigenvalue weighted by Crippen LogP contribution is 2.18. The van der Waals surface area contributed by atoms with Gasteiger partial charge in [-0.25, -0.2) is 4.79 Å². The van der Waals surface area contributed by atoms with Crippen molar-refractivity contribution in [2.45, 2.75) is 6.54 Å². The molecule has 0 bridgehead atoms. The second-order valence-electron chi connectivity index (χ2n) is 4.84. The van der Waals surface area contributed by atoms with Crippen LogP contribution in [0.25, 0.3) is 11.3 Å². The lowest BCUT2D eigenvalue weighted by Crippen LogP contribution is -2.28. The smallest absolute Gasteiger partial charge is 0.319 e. The summed E-state index contributed by atoms with van der Waals surface area (Å²) in [5.74, 6) is 0. The van der Waals surface area contributed by atoms with Gasteiger partial charge in [-0.3, -0.25) is 5.10 Å². The Bertz CT molecular complexity index is 721. The fraction of sp³-hybridized carbons (Fsp3) is 0.0588. The van der Waals surface area contributed by atoms with Crippen molar-refractivity contribution in [3.05, 3.63) is 72.4 Å². The molecule has 2 amide bonds. The maximum atomic E-state index is 11.9. The Balaban J connectivity index is 1.55. The summed E-state index contributed by atoms with van der Waals surface area (Å²) in [5, 5.41) is 12.5. The number of H-pyrrole nitrogens is 1. The van der Waals surface area contributed by atoms with Crippen LogP contribution in [-0.2, 0) is 6.54 Å². The topological polar surface area (TPSA) is 69.8 Å². The summed E-state index contributed by atoms with van der Waals surface area (Å²) in [6.07, 6.45) is 1.71. The molecule has 0 unspecified atom stereocenters. The molecule has 0 aliphatic heterocycles. The van der Waals surface area contributed by atoms with Crippen LogP contribution in [0.1, 0.15) is 5.56 Å². The summed E-state index contributed by atoms with van der Waals surface area (Å²) < 4.78 is 0. The predicted molar refractivity (Wildman–Crippen MR) is 86.3 cm³/mol. The molecule has 5 nitrogen and oxygen atoms in total. The third-order valence-electron chi connectivity index (χ3n) is 3.25. The number of anilines is 1. The van der Waals surface area contributed by atoms with Gasteiger partial charge in [-0.05, 0) is 29.3 Å². The summed E-state index contributed by atoms with van der Waals surface area (Å²) >= 11 is 0. The fourth-order valence-corrected chi connectivity index (χ4v) is 2.10. The molecule has 1 aromatic heterocycles. The fourth-order valence-electron chi connectivity index (χ4n) is 2.10. The van der Waals surface area contributed by atoms with E-state index in [2.05, 4.69) is 20.8 Å². The number of aromatic amines is 1. The Morgan fingerprint density at radius 3 is 2.45 bits per heavy atom. The normalized spacial score (nSPS) is 10.2. The van der Waals surface area contributed by atoms with Gasteiger partial charge >= 0.3 is 6.03 Å².